The van der Waals surface area contributed by atoms with E-state index in [-0.39, 0.29) is 5.78 Å². The van der Waals surface area contributed by atoms with Crippen LogP contribution in [0.1, 0.15) is 25.3 Å². The average Bonchev–Trinajstić information content (AvgIpc) is 2.84. The van der Waals surface area contributed by atoms with E-state index < -0.39 is 0 Å². The summed E-state index contributed by atoms with van der Waals surface area (Å²) in [6, 6.07) is 12.3. The van der Waals surface area contributed by atoms with Gasteiger partial charge in [0.05, 0.1) is 17.6 Å². The summed E-state index contributed by atoms with van der Waals surface area (Å²) in [5, 5.41) is 0. The maximum absolute atomic E-state index is 12.0. The Balaban J connectivity index is 2.04. The first kappa shape index (κ1) is 14.5. The first-order valence-electron chi connectivity index (χ1n) is 7.71. The molecule has 0 aliphatic carbocycles. The molecule has 0 aliphatic heterocycles. The Morgan fingerprint density at radius 1 is 1.18 bits per heavy atom. The minimum absolute atomic E-state index is 0.268. The van der Waals surface area contributed by atoms with Gasteiger partial charge in [0.1, 0.15) is 0 Å². The van der Waals surface area contributed by atoms with Crippen molar-refractivity contribution in [1.29, 1.82) is 0 Å². The molecule has 112 valence electrons. The molecule has 0 radical (unpaired) electrons. The number of carbonyl (C=O) groups excluding carboxylic acids is 1. The largest absolute Gasteiger partial charge is 0.338 e. The lowest BCUT2D eigenvalue weighted by Crippen LogP contribution is -2.08. The molecule has 0 amide bonds. The number of pyridine rings is 1. The SMILES string of the molecule is CCCC(=O)Cn1cc(C)c2ncc(-c3ccccc3)cc21. The lowest BCUT2D eigenvalue weighted by Gasteiger charge is -2.06. The van der Waals surface area contributed by atoms with Crippen LogP contribution in [0.5, 0.6) is 0 Å². The zero-order valence-corrected chi connectivity index (χ0v) is 13.0. The maximum Gasteiger partial charge on any atom is 0.152 e. The summed E-state index contributed by atoms with van der Waals surface area (Å²) in [6.45, 7) is 4.50. The molecule has 3 heteroatoms. The fourth-order valence-electron chi connectivity index (χ4n) is 2.81. The number of ketones is 1. The highest BCUT2D eigenvalue weighted by atomic mass is 16.1. The molecule has 3 rings (SSSR count). The van der Waals surface area contributed by atoms with E-state index in [4.69, 9.17) is 0 Å². The summed E-state index contributed by atoms with van der Waals surface area (Å²) >= 11 is 0. The van der Waals surface area contributed by atoms with Crippen LogP contribution in [0.4, 0.5) is 0 Å². The first-order chi connectivity index (χ1) is 10.7. The molecule has 3 nitrogen and oxygen atoms in total. The topological polar surface area (TPSA) is 34.9 Å². The molecule has 0 fully saturated rings. The summed E-state index contributed by atoms with van der Waals surface area (Å²) < 4.78 is 2.03. The fraction of sp³-hybridized carbons (Fsp3) is 0.263. The van der Waals surface area contributed by atoms with Crippen molar-refractivity contribution >= 4 is 16.8 Å². The molecule has 2 aromatic heterocycles. The number of hydrogen-bond donors (Lipinski definition) is 0. The van der Waals surface area contributed by atoms with Crippen LogP contribution in [0.25, 0.3) is 22.2 Å². The summed E-state index contributed by atoms with van der Waals surface area (Å²) in [4.78, 5) is 16.6. The predicted molar refractivity (Wildman–Crippen MR) is 89.8 cm³/mol. The third-order valence-electron chi connectivity index (χ3n) is 3.88. The Labute approximate surface area is 130 Å². The number of hydrogen-bond acceptors (Lipinski definition) is 2. The van der Waals surface area contributed by atoms with Gasteiger partial charge in [-0.15, -0.1) is 0 Å². The van der Waals surface area contributed by atoms with Crippen molar-refractivity contribution in [3.05, 3.63) is 54.4 Å². The highest BCUT2D eigenvalue weighted by Crippen LogP contribution is 2.25. The molecule has 0 atom stereocenters. The Morgan fingerprint density at radius 3 is 2.68 bits per heavy atom. The standard InChI is InChI=1S/C19H20N2O/c1-3-7-17(22)13-21-12-14(2)19-18(21)10-16(11-20-19)15-8-5-4-6-9-15/h4-6,8-12H,3,7,13H2,1-2H3. The smallest absolute Gasteiger partial charge is 0.152 e. The highest BCUT2D eigenvalue weighted by Gasteiger charge is 2.11. The zero-order chi connectivity index (χ0) is 15.5. The summed E-state index contributed by atoms with van der Waals surface area (Å²) in [5.41, 5.74) is 5.34. The van der Waals surface area contributed by atoms with Crippen LogP contribution in [-0.4, -0.2) is 15.3 Å². The van der Waals surface area contributed by atoms with Gasteiger partial charge in [0.15, 0.2) is 5.78 Å². The number of aromatic nitrogens is 2. The Bertz CT molecular complexity index is 803. The average molecular weight is 292 g/mol. The van der Waals surface area contributed by atoms with E-state index in [1.165, 1.54) is 0 Å². The van der Waals surface area contributed by atoms with Gasteiger partial charge in [0.2, 0.25) is 0 Å². The number of benzene rings is 1. The van der Waals surface area contributed by atoms with Crippen LogP contribution in [0, 0.1) is 6.92 Å². The monoisotopic (exact) mass is 292 g/mol. The van der Waals surface area contributed by atoms with Crippen LogP contribution < -0.4 is 0 Å². The van der Waals surface area contributed by atoms with Gasteiger partial charge in [-0.25, -0.2) is 0 Å². The second kappa shape index (κ2) is 6.14. The third-order valence-corrected chi connectivity index (χ3v) is 3.88. The van der Waals surface area contributed by atoms with E-state index in [1.807, 2.05) is 49.0 Å². The lowest BCUT2D eigenvalue weighted by atomic mass is 10.1. The lowest BCUT2D eigenvalue weighted by molar-refractivity contribution is -0.119. The molecule has 3 aromatic rings. The van der Waals surface area contributed by atoms with Gasteiger partial charge in [0.25, 0.3) is 0 Å². The molecule has 0 saturated carbocycles. The summed E-state index contributed by atoms with van der Waals surface area (Å²) in [6.07, 6.45) is 5.46. The molecule has 0 saturated heterocycles. The molecule has 0 aliphatic rings. The van der Waals surface area contributed by atoms with Crippen molar-refractivity contribution in [1.82, 2.24) is 9.55 Å². The third kappa shape index (κ3) is 2.80. The minimum atomic E-state index is 0.268. The number of carbonyl (C=O) groups is 1. The molecule has 0 spiro atoms. The number of Topliss-reactive ketones (excluding diaryl/α,β-unsaturated/α-hetero) is 1. The summed E-state index contributed by atoms with van der Waals surface area (Å²) in [7, 11) is 0. The van der Waals surface area contributed by atoms with Gasteiger partial charge < -0.3 is 4.57 Å². The van der Waals surface area contributed by atoms with Crippen LogP contribution >= 0.6 is 0 Å². The van der Waals surface area contributed by atoms with Crippen molar-refractivity contribution in [2.45, 2.75) is 33.2 Å². The van der Waals surface area contributed by atoms with E-state index in [2.05, 4.69) is 23.2 Å². The van der Waals surface area contributed by atoms with Crippen LogP contribution in [0.15, 0.2) is 48.8 Å². The number of nitrogens with zero attached hydrogens (tertiary/aromatic N) is 2. The van der Waals surface area contributed by atoms with Crippen LogP contribution in [0.3, 0.4) is 0 Å². The molecule has 0 N–H and O–H groups in total. The Kier molecular flexibility index (Phi) is 4.05. The second-order valence-electron chi connectivity index (χ2n) is 5.69. The van der Waals surface area contributed by atoms with Gasteiger partial charge in [0, 0.05) is 24.4 Å². The fourth-order valence-corrected chi connectivity index (χ4v) is 2.81. The molecular formula is C19H20N2O. The molecule has 0 bridgehead atoms. The van der Waals surface area contributed by atoms with Gasteiger partial charge in [-0.3, -0.25) is 9.78 Å². The van der Waals surface area contributed by atoms with Crippen molar-refractivity contribution in [3.8, 4) is 11.1 Å². The van der Waals surface area contributed by atoms with E-state index in [0.29, 0.717) is 13.0 Å². The van der Waals surface area contributed by atoms with Crippen molar-refractivity contribution in [3.63, 3.8) is 0 Å². The highest BCUT2D eigenvalue weighted by molar-refractivity contribution is 5.86. The molecule has 1 aromatic carbocycles. The van der Waals surface area contributed by atoms with Crippen molar-refractivity contribution in [2.24, 2.45) is 0 Å². The molecule has 2 heterocycles. The predicted octanol–water partition coefficient (Wildman–Crippen LogP) is 4.38. The number of fused-ring (bicyclic) bond motifs is 1. The maximum atomic E-state index is 12.0. The van der Waals surface area contributed by atoms with Gasteiger partial charge >= 0.3 is 0 Å². The van der Waals surface area contributed by atoms with Gasteiger partial charge in [-0.2, -0.15) is 0 Å². The van der Waals surface area contributed by atoms with Crippen molar-refractivity contribution < 1.29 is 4.79 Å². The Hall–Kier alpha value is -2.42. The van der Waals surface area contributed by atoms with E-state index in [0.717, 1.165) is 34.1 Å². The van der Waals surface area contributed by atoms with Gasteiger partial charge in [-0.1, -0.05) is 37.3 Å². The van der Waals surface area contributed by atoms with Crippen LogP contribution in [0.2, 0.25) is 0 Å². The number of rotatable bonds is 5. The minimum Gasteiger partial charge on any atom is -0.338 e. The molecule has 22 heavy (non-hydrogen) atoms. The van der Waals surface area contributed by atoms with E-state index >= 15 is 0 Å². The number of aryl methyl sites for hydroxylation is 1. The molecular weight excluding hydrogens is 272 g/mol. The zero-order valence-electron chi connectivity index (χ0n) is 13.0. The molecule has 0 unspecified atom stereocenters. The van der Waals surface area contributed by atoms with Crippen molar-refractivity contribution in [2.75, 3.05) is 0 Å². The second-order valence-corrected chi connectivity index (χ2v) is 5.69. The van der Waals surface area contributed by atoms with Gasteiger partial charge in [-0.05, 0) is 30.5 Å². The van der Waals surface area contributed by atoms with Crippen LogP contribution in [-0.2, 0) is 11.3 Å². The Morgan fingerprint density at radius 2 is 1.95 bits per heavy atom. The first-order valence-corrected chi connectivity index (χ1v) is 7.71. The quantitative estimate of drug-likeness (QED) is 0.699. The summed E-state index contributed by atoms with van der Waals surface area (Å²) in [5.74, 6) is 0.268. The normalized spacial score (nSPS) is 11.0. The van der Waals surface area contributed by atoms with E-state index in [1.54, 1.807) is 0 Å². The van der Waals surface area contributed by atoms with E-state index in [9.17, 15) is 4.79 Å².